The number of hydrogen-bond acceptors (Lipinski definition) is 3. The summed E-state index contributed by atoms with van der Waals surface area (Å²) in [7, 11) is 0. The molecule has 25 heavy (non-hydrogen) atoms. The number of rotatable bonds is 5. The normalized spacial score (nSPS) is 28.5. The Labute approximate surface area is 141 Å². The van der Waals surface area contributed by atoms with Crippen molar-refractivity contribution in [1.82, 2.24) is 0 Å². The van der Waals surface area contributed by atoms with Crippen LogP contribution in [0.15, 0.2) is 0 Å². The van der Waals surface area contributed by atoms with Crippen LogP contribution >= 0.6 is 0 Å². The van der Waals surface area contributed by atoms with E-state index in [1.807, 2.05) is 0 Å². The van der Waals surface area contributed by atoms with Gasteiger partial charge < -0.3 is 9.84 Å². The van der Waals surface area contributed by atoms with Crippen molar-refractivity contribution in [3.05, 3.63) is 0 Å². The predicted octanol–water partition coefficient (Wildman–Crippen LogP) is 4.24. The van der Waals surface area contributed by atoms with Crippen molar-refractivity contribution >= 4 is 5.97 Å². The molecular formula is C16H22F6O3. The van der Waals surface area contributed by atoms with E-state index in [9.17, 15) is 36.2 Å². The maximum absolute atomic E-state index is 13.0. The van der Waals surface area contributed by atoms with Gasteiger partial charge in [0.25, 0.3) is 5.60 Å². The summed E-state index contributed by atoms with van der Waals surface area (Å²) >= 11 is 0. The van der Waals surface area contributed by atoms with Gasteiger partial charge in [0.1, 0.15) is 6.10 Å². The molecular weight excluding hydrogens is 354 g/mol. The summed E-state index contributed by atoms with van der Waals surface area (Å²) in [5.41, 5.74) is -4.90. The van der Waals surface area contributed by atoms with E-state index in [1.54, 1.807) is 0 Å². The smallest absolute Gasteiger partial charge is 0.426 e. The number of alkyl halides is 6. The molecule has 1 N–H and O–H groups in total. The number of hydrogen-bond donors (Lipinski definition) is 1. The van der Waals surface area contributed by atoms with E-state index in [-0.39, 0.29) is 11.8 Å². The Morgan fingerprint density at radius 3 is 2.00 bits per heavy atom. The molecule has 2 aliphatic rings. The summed E-state index contributed by atoms with van der Waals surface area (Å²) in [5, 5.41) is 9.50. The zero-order valence-electron chi connectivity index (χ0n) is 14.0. The van der Waals surface area contributed by atoms with Gasteiger partial charge in [-0.15, -0.1) is 0 Å². The SMILES string of the molecule is CC(C)C(=O)OC(CC(O)(C(F)(F)F)C(F)(F)F)C1CC2CCC1C2. The lowest BCUT2D eigenvalue weighted by Crippen LogP contribution is -2.59. The molecule has 0 radical (unpaired) electrons. The van der Waals surface area contributed by atoms with E-state index in [2.05, 4.69) is 0 Å². The highest BCUT2D eigenvalue weighted by Gasteiger charge is 2.71. The summed E-state index contributed by atoms with van der Waals surface area (Å²) in [5.74, 6) is -1.97. The number of esters is 1. The highest BCUT2D eigenvalue weighted by Crippen LogP contribution is 2.53. The molecule has 2 aliphatic carbocycles. The van der Waals surface area contributed by atoms with E-state index in [1.165, 1.54) is 13.8 Å². The van der Waals surface area contributed by atoms with Gasteiger partial charge in [-0.05, 0) is 37.0 Å². The molecule has 0 aliphatic heterocycles. The van der Waals surface area contributed by atoms with Gasteiger partial charge in [0.15, 0.2) is 0 Å². The first-order valence-corrected chi connectivity index (χ1v) is 8.32. The minimum absolute atomic E-state index is 0.0688. The maximum atomic E-state index is 13.0. The largest absolute Gasteiger partial charge is 0.462 e. The second kappa shape index (κ2) is 6.63. The summed E-state index contributed by atoms with van der Waals surface area (Å²) in [6.45, 7) is 2.89. The van der Waals surface area contributed by atoms with Gasteiger partial charge in [-0.1, -0.05) is 20.3 Å². The molecule has 146 valence electrons. The van der Waals surface area contributed by atoms with E-state index >= 15 is 0 Å². The van der Waals surface area contributed by atoms with Crippen LogP contribution in [0.3, 0.4) is 0 Å². The van der Waals surface area contributed by atoms with Crippen LogP contribution < -0.4 is 0 Å². The second-order valence-corrected chi connectivity index (χ2v) is 7.53. The predicted molar refractivity (Wildman–Crippen MR) is 75.3 cm³/mol. The van der Waals surface area contributed by atoms with Crippen LogP contribution in [0.4, 0.5) is 26.3 Å². The maximum Gasteiger partial charge on any atom is 0.426 e. The molecule has 0 amide bonds. The Morgan fingerprint density at radius 1 is 1.08 bits per heavy atom. The van der Waals surface area contributed by atoms with Crippen molar-refractivity contribution in [1.29, 1.82) is 0 Å². The van der Waals surface area contributed by atoms with E-state index in [0.29, 0.717) is 12.8 Å². The molecule has 3 nitrogen and oxygen atoms in total. The van der Waals surface area contributed by atoms with E-state index < -0.39 is 48.3 Å². The van der Waals surface area contributed by atoms with Crippen LogP contribution in [0.2, 0.25) is 0 Å². The Morgan fingerprint density at radius 2 is 1.64 bits per heavy atom. The molecule has 2 fully saturated rings. The Bertz CT molecular complexity index is 485. The fourth-order valence-corrected chi connectivity index (χ4v) is 4.00. The molecule has 0 saturated heterocycles. The molecule has 4 atom stereocenters. The fourth-order valence-electron chi connectivity index (χ4n) is 4.00. The third kappa shape index (κ3) is 3.90. The monoisotopic (exact) mass is 376 g/mol. The molecule has 0 aromatic rings. The van der Waals surface area contributed by atoms with Crippen molar-refractivity contribution in [2.45, 2.75) is 70.0 Å². The Hall–Kier alpha value is -0.990. The van der Waals surface area contributed by atoms with Crippen LogP contribution in [0.1, 0.15) is 46.0 Å². The lowest BCUT2D eigenvalue weighted by molar-refractivity contribution is -0.375. The van der Waals surface area contributed by atoms with Crippen LogP contribution in [0, 0.1) is 23.7 Å². The second-order valence-electron chi connectivity index (χ2n) is 7.53. The topological polar surface area (TPSA) is 46.5 Å². The highest BCUT2D eigenvalue weighted by molar-refractivity contribution is 5.71. The lowest BCUT2D eigenvalue weighted by atomic mass is 9.79. The quantitative estimate of drug-likeness (QED) is 0.577. The molecule has 2 rings (SSSR count). The Balaban J connectivity index is 2.29. The van der Waals surface area contributed by atoms with Crippen molar-refractivity contribution < 1.29 is 41.0 Å². The van der Waals surface area contributed by atoms with Gasteiger partial charge in [0.2, 0.25) is 0 Å². The highest BCUT2D eigenvalue weighted by atomic mass is 19.4. The molecule has 9 heteroatoms. The average Bonchev–Trinajstić information content (AvgIpc) is 3.06. The summed E-state index contributed by atoms with van der Waals surface area (Å²) < 4.78 is 83.2. The van der Waals surface area contributed by atoms with Crippen molar-refractivity contribution in [3.63, 3.8) is 0 Å². The van der Waals surface area contributed by atoms with Gasteiger partial charge in [-0.2, -0.15) is 26.3 Å². The van der Waals surface area contributed by atoms with Gasteiger partial charge >= 0.3 is 18.3 Å². The van der Waals surface area contributed by atoms with Crippen molar-refractivity contribution in [2.75, 3.05) is 0 Å². The van der Waals surface area contributed by atoms with Crippen LogP contribution in [-0.2, 0) is 9.53 Å². The van der Waals surface area contributed by atoms with Gasteiger partial charge in [-0.3, -0.25) is 4.79 Å². The van der Waals surface area contributed by atoms with Gasteiger partial charge in [0, 0.05) is 6.42 Å². The third-order valence-corrected chi connectivity index (χ3v) is 5.44. The zero-order valence-corrected chi connectivity index (χ0v) is 14.0. The van der Waals surface area contributed by atoms with Gasteiger partial charge in [-0.25, -0.2) is 0 Å². The first kappa shape index (κ1) is 20.3. The molecule has 2 saturated carbocycles. The first-order valence-electron chi connectivity index (χ1n) is 8.32. The average molecular weight is 376 g/mol. The lowest BCUT2D eigenvalue weighted by Gasteiger charge is -2.38. The number of carbonyl (C=O) groups is 1. The minimum atomic E-state index is -5.91. The molecule has 4 unspecified atom stereocenters. The zero-order chi connectivity index (χ0) is 19.2. The molecule has 2 bridgehead atoms. The van der Waals surface area contributed by atoms with E-state index in [4.69, 9.17) is 4.74 Å². The van der Waals surface area contributed by atoms with Crippen molar-refractivity contribution in [3.8, 4) is 0 Å². The standard InChI is InChI=1S/C16H22F6O3/c1-8(2)13(23)25-12(11-6-9-3-4-10(11)5-9)7-14(24,15(17,18)19)16(20,21)22/h8-12,24H,3-7H2,1-2H3. The number of halogens is 6. The summed E-state index contributed by atoms with van der Waals surface area (Å²) in [6, 6.07) is 0. The molecule has 0 spiro atoms. The van der Waals surface area contributed by atoms with Crippen LogP contribution in [0.25, 0.3) is 0 Å². The minimum Gasteiger partial charge on any atom is -0.462 e. The molecule has 0 aromatic carbocycles. The van der Waals surface area contributed by atoms with Gasteiger partial charge in [0.05, 0.1) is 5.92 Å². The van der Waals surface area contributed by atoms with Crippen LogP contribution in [-0.4, -0.2) is 35.1 Å². The summed E-state index contributed by atoms with van der Waals surface area (Å²) in [4.78, 5) is 11.8. The van der Waals surface area contributed by atoms with Crippen LogP contribution in [0.5, 0.6) is 0 Å². The number of ether oxygens (including phenoxy) is 1. The fraction of sp³-hybridized carbons (Fsp3) is 0.938. The van der Waals surface area contributed by atoms with E-state index in [0.717, 1.165) is 12.8 Å². The number of aliphatic hydroxyl groups is 1. The van der Waals surface area contributed by atoms with Crippen molar-refractivity contribution in [2.24, 2.45) is 23.7 Å². The molecule has 0 heterocycles. The molecule has 0 aromatic heterocycles. The number of carbonyl (C=O) groups excluding carboxylic acids is 1. The first-order chi connectivity index (χ1) is 11.3. The third-order valence-electron chi connectivity index (χ3n) is 5.44. The number of fused-ring (bicyclic) bond motifs is 2. The summed E-state index contributed by atoms with van der Waals surface area (Å²) in [6.07, 6.45) is -12.4. The Kier molecular flexibility index (Phi) is 5.39.